The lowest BCUT2D eigenvalue weighted by Crippen LogP contribution is -2.32. The molecule has 0 fully saturated rings. The van der Waals surface area contributed by atoms with Gasteiger partial charge in [-0.3, -0.25) is 14.3 Å². The first-order valence-electron chi connectivity index (χ1n) is 12.2. The van der Waals surface area contributed by atoms with E-state index in [1.807, 2.05) is 37.3 Å². The Kier molecular flexibility index (Phi) is 9.41. The molecule has 2 amide bonds. The van der Waals surface area contributed by atoms with E-state index >= 15 is 0 Å². The van der Waals surface area contributed by atoms with Crippen LogP contribution in [0.15, 0.2) is 106 Å². The number of hydrogen-bond acceptors (Lipinski definition) is 6. The zero-order chi connectivity index (χ0) is 28.5. The van der Waals surface area contributed by atoms with Crippen LogP contribution in [0.25, 0.3) is 0 Å². The van der Waals surface area contributed by atoms with Crippen LogP contribution >= 0.6 is 15.9 Å². The lowest BCUT2D eigenvalue weighted by atomic mass is 10.2. The largest absolute Gasteiger partial charge is 0.493 e. The van der Waals surface area contributed by atoms with E-state index in [1.165, 1.54) is 24.3 Å². The molecule has 0 aliphatic heterocycles. The molecule has 0 aliphatic carbocycles. The van der Waals surface area contributed by atoms with Crippen molar-refractivity contribution in [2.45, 2.75) is 11.8 Å². The van der Waals surface area contributed by atoms with E-state index in [1.54, 1.807) is 42.5 Å². The molecule has 9 nitrogen and oxygen atoms in total. The number of rotatable bonds is 11. The average Bonchev–Trinajstić information content (AvgIpc) is 2.94. The minimum atomic E-state index is -3.86. The number of benzene rings is 4. The summed E-state index contributed by atoms with van der Waals surface area (Å²) in [5.74, 6) is 0.973. The average molecular weight is 625 g/mol. The molecular formula is C29H26BrN3O6S. The number of halogens is 1. The van der Waals surface area contributed by atoms with E-state index in [4.69, 9.17) is 9.47 Å². The molecule has 206 valence electrons. The smallest absolute Gasteiger partial charge is 0.261 e. The Labute approximate surface area is 240 Å². The summed E-state index contributed by atoms with van der Waals surface area (Å²) in [5.41, 5.74) is 1.11. The first-order valence-corrected chi connectivity index (χ1v) is 14.5. The summed E-state index contributed by atoms with van der Waals surface area (Å²) in [6, 6.07) is 26.4. The van der Waals surface area contributed by atoms with Crippen LogP contribution in [0.4, 0.5) is 11.4 Å². The molecule has 4 aromatic carbocycles. The van der Waals surface area contributed by atoms with Gasteiger partial charge in [-0.25, -0.2) is 8.42 Å². The van der Waals surface area contributed by atoms with E-state index in [2.05, 4.69) is 31.3 Å². The molecule has 0 bridgehead atoms. The lowest BCUT2D eigenvalue weighted by Gasteiger charge is -2.12. The van der Waals surface area contributed by atoms with Crippen molar-refractivity contribution in [2.24, 2.45) is 0 Å². The van der Waals surface area contributed by atoms with Crippen molar-refractivity contribution in [1.29, 1.82) is 0 Å². The molecule has 0 saturated carbocycles. The van der Waals surface area contributed by atoms with Gasteiger partial charge < -0.3 is 20.1 Å². The lowest BCUT2D eigenvalue weighted by molar-refractivity contribution is -0.115. The molecular weight excluding hydrogens is 598 g/mol. The van der Waals surface area contributed by atoms with Crippen LogP contribution in [0, 0.1) is 0 Å². The van der Waals surface area contributed by atoms with Crippen molar-refractivity contribution in [1.82, 2.24) is 5.32 Å². The van der Waals surface area contributed by atoms with Crippen molar-refractivity contribution in [3.63, 3.8) is 0 Å². The van der Waals surface area contributed by atoms with Gasteiger partial charge in [0.15, 0.2) is 0 Å². The highest BCUT2D eigenvalue weighted by Crippen LogP contribution is 2.29. The van der Waals surface area contributed by atoms with Gasteiger partial charge in [-0.2, -0.15) is 0 Å². The second-order valence-electron chi connectivity index (χ2n) is 8.38. The maximum atomic E-state index is 12.8. The predicted octanol–water partition coefficient (Wildman–Crippen LogP) is 5.81. The molecule has 4 rings (SSSR count). The Morgan fingerprint density at radius 2 is 1.48 bits per heavy atom. The van der Waals surface area contributed by atoms with Crippen LogP contribution < -0.4 is 24.8 Å². The predicted molar refractivity (Wildman–Crippen MR) is 156 cm³/mol. The van der Waals surface area contributed by atoms with Crippen LogP contribution in [0.5, 0.6) is 17.2 Å². The molecule has 0 atom stereocenters. The van der Waals surface area contributed by atoms with Crippen LogP contribution in [-0.4, -0.2) is 33.4 Å². The van der Waals surface area contributed by atoms with Gasteiger partial charge >= 0.3 is 0 Å². The molecule has 0 aliphatic rings. The summed E-state index contributed by atoms with van der Waals surface area (Å²) in [6.07, 6.45) is 0. The normalized spacial score (nSPS) is 10.8. The van der Waals surface area contributed by atoms with Gasteiger partial charge in [0.1, 0.15) is 17.2 Å². The second kappa shape index (κ2) is 13.1. The summed E-state index contributed by atoms with van der Waals surface area (Å²) in [6.45, 7) is 2.07. The molecule has 0 saturated heterocycles. The third-order valence-electron chi connectivity index (χ3n) is 5.44. The molecule has 11 heteroatoms. The van der Waals surface area contributed by atoms with Gasteiger partial charge in [-0.05, 0) is 102 Å². The number of carbonyl (C=O) groups excluding carboxylic acids is 2. The number of anilines is 2. The van der Waals surface area contributed by atoms with E-state index in [-0.39, 0.29) is 11.4 Å². The van der Waals surface area contributed by atoms with Crippen molar-refractivity contribution in [3.8, 4) is 17.2 Å². The van der Waals surface area contributed by atoms with Crippen molar-refractivity contribution >= 4 is 49.1 Å². The van der Waals surface area contributed by atoms with E-state index in [0.29, 0.717) is 45.3 Å². The fourth-order valence-electron chi connectivity index (χ4n) is 3.54. The molecule has 0 radical (unpaired) electrons. The molecule has 0 heterocycles. The molecule has 0 spiro atoms. The van der Waals surface area contributed by atoms with Crippen molar-refractivity contribution in [2.75, 3.05) is 23.2 Å². The zero-order valence-electron chi connectivity index (χ0n) is 21.4. The second-order valence-corrected chi connectivity index (χ2v) is 10.9. The first kappa shape index (κ1) is 28.7. The zero-order valence-corrected chi connectivity index (χ0v) is 23.8. The Morgan fingerprint density at radius 3 is 2.12 bits per heavy atom. The van der Waals surface area contributed by atoms with Crippen LogP contribution in [-0.2, 0) is 14.8 Å². The molecule has 4 aromatic rings. The third kappa shape index (κ3) is 7.84. The van der Waals surface area contributed by atoms with Crippen LogP contribution in [0.1, 0.15) is 17.3 Å². The molecule has 40 heavy (non-hydrogen) atoms. The Balaban J connectivity index is 1.27. The Hall–Kier alpha value is -4.35. The van der Waals surface area contributed by atoms with Crippen LogP contribution in [0.2, 0.25) is 0 Å². The number of amides is 2. The highest BCUT2D eigenvalue weighted by Gasteiger charge is 2.16. The maximum absolute atomic E-state index is 12.8. The van der Waals surface area contributed by atoms with Gasteiger partial charge in [-0.15, -0.1) is 0 Å². The summed E-state index contributed by atoms with van der Waals surface area (Å²) in [5, 5.41) is 5.19. The van der Waals surface area contributed by atoms with Crippen molar-refractivity contribution in [3.05, 3.63) is 107 Å². The quantitative estimate of drug-likeness (QED) is 0.194. The molecule has 3 N–H and O–H groups in total. The fraction of sp³-hybridized carbons (Fsp3) is 0.103. The van der Waals surface area contributed by atoms with E-state index in [0.717, 1.165) is 0 Å². The number of hydrogen-bond donors (Lipinski definition) is 3. The Morgan fingerprint density at radius 1 is 0.825 bits per heavy atom. The first-order chi connectivity index (χ1) is 19.2. The van der Waals surface area contributed by atoms with Gasteiger partial charge in [0.2, 0.25) is 5.91 Å². The summed E-state index contributed by atoms with van der Waals surface area (Å²) >= 11 is 3.36. The van der Waals surface area contributed by atoms with Gasteiger partial charge in [0.05, 0.1) is 28.2 Å². The topological polar surface area (TPSA) is 123 Å². The number of sulfonamides is 1. The number of nitrogens with one attached hydrogen (secondary N) is 3. The third-order valence-corrected chi connectivity index (χ3v) is 7.45. The van der Waals surface area contributed by atoms with Gasteiger partial charge in [0.25, 0.3) is 15.9 Å². The Bertz CT molecular complexity index is 1580. The fourth-order valence-corrected chi connectivity index (χ4v) is 5.08. The summed E-state index contributed by atoms with van der Waals surface area (Å²) < 4.78 is 39.8. The number of ether oxygens (including phenoxy) is 2. The summed E-state index contributed by atoms with van der Waals surface area (Å²) in [4.78, 5) is 24.8. The molecule has 0 unspecified atom stereocenters. The van der Waals surface area contributed by atoms with Gasteiger partial charge in [0, 0.05) is 11.3 Å². The SMILES string of the molecule is CCOc1ccc(NS(=O)(=O)c2ccc(NC(=O)CNC(=O)c3ccc(Oc4ccccc4)cc3)cc2)cc1Br. The summed E-state index contributed by atoms with van der Waals surface area (Å²) in [7, 11) is -3.86. The number of para-hydroxylation sites is 1. The monoisotopic (exact) mass is 623 g/mol. The standard InChI is InChI=1S/C29H26BrN3O6S/c1-2-38-27-17-12-22(18-26(27)30)33-40(36,37)25-15-10-21(11-16-25)32-28(34)19-31-29(35)20-8-13-24(14-9-20)39-23-6-4-3-5-7-23/h3-18,33H,2,19H2,1H3,(H,31,35)(H,32,34). The minimum absolute atomic E-state index is 0.0171. The highest BCUT2D eigenvalue weighted by molar-refractivity contribution is 9.10. The van der Waals surface area contributed by atoms with E-state index in [9.17, 15) is 18.0 Å². The van der Waals surface area contributed by atoms with Crippen LogP contribution in [0.3, 0.4) is 0 Å². The number of carbonyl (C=O) groups is 2. The van der Waals surface area contributed by atoms with Gasteiger partial charge in [-0.1, -0.05) is 18.2 Å². The van der Waals surface area contributed by atoms with E-state index < -0.39 is 21.8 Å². The maximum Gasteiger partial charge on any atom is 0.261 e. The molecule has 0 aromatic heterocycles. The van der Waals surface area contributed by atoms with Crippen molar-refractivity contribution < 1.29 is 27.5 Å². The minimum Gasteiger partial charge on any atom is -0.493 e. The highest BCUT2D eigenvalue weighted by atomic mass is 79.9.